The lowest BCUT2D eigenvalue weighted by Crippen LogP contribution is -1.93. The van der Waals surface area contributed by atoms with Crippen molar-refractivity contribution in [1.82, 2.24) is 0 Å². The molecule has 0 aromatic carbocycles. The van der Waals surface area contributed by atoms with Crippen LogP contribution in [0.2, 0.25) is 0 Å². The van der Waals surface area contributed by atoms with Crippen molar-refractivity contribution in [1.29, 1.82) is 0 Å². The van der Waals surface area contributed by atoms with E-state index in [4.69, 9.17) is 0 Å². The zero-order valence-corrected chi connectivity index (χ0v) is 4.98. The van der Waals surface area contributed by atoms with E-state index in [9.17, 15) is 4.57 Å². The van der Waals surface area contributed by atoms with Crippen molar-refractivity contribution < 1.29 is 13.8 Å². The van der Waals surface area contributed by atoms with E-state index in [-0.39, 0.29) is 38.4 Å². The van der Waals surface area contributed by atoms with Crippen molar-refractivity contribution in [3.63, 3.8) is 0 Å². The second-order valence-corrected chi connectivity index (χ2v) is 1.31. The lowest BCUT2D eigenvalue weighted by atomic mass is 10.8. The van der Waals surface area contributed by atoms with Crippen molar-refractivity contribution >= 4 is 8.69 Å². The first-order valence-corrected chi connectivity index (χ1v) is 2.58. The van der Waals surface area contributed by atoms with Crippen LogP contribution < -0.4 is 0 Å². The van der Waals surface area contributed by atoms with Crippen LogP contribution in [0.4, 0.5) is 0 Å². The Morgan fingerprint density at radius 2 is 1.55 bits per heavy atom. The van der Waals surface area contributed by atoms with E-state index in [0.717, 1.165) is 0 Å². The predicted molar refractivity (Wildman–Crippen MR) is 52.4 cm³/mol. The normalized spacial score (nSPS) is 6.27. The van der Waals surface area contributed by atoms with E-state index in [0.29, 0.717) is 13.2 Å². The molecule has 4 heteroatoms. The van der Waals surface area contributed by atoms with Crippen molar-refractivity contribution in [3.05, 3.63) is 0 Å². The average molecular weight is 186 g/mol. The summed E-state index contributed by atoms with van der Waals surface area (Å²) in [6, 6.07) is 0. The summed E-state index contributed by atoms with van der Waals surface area (Å²) in [5, 5.41) is 0. The van der Waals surface area contributed by atoms with Crippen molar-refractivity contribution in [2.75, 3.05) is 20.3 Å². The second-order valence-electron chi connectivity index (χ2n) is 0.901. The van der Waals surface area contributed by atoms with Gasteiger partial charge in [0.25, 0.3) is 0 Å². The third-order valence-corrected chi connectivity index (χ3v) is 0.719. The Labute approximate surface area is 73.4 Å². The second kappa shape index (κ2) is 32.3. The standard InChI is InChI=1S/C3H7O3P.4CH4/c1-5-2-3-6-7-4;;;;/h2-3H2,1H3;4*1H4. The summed E-state index contributed by atoms with van der Waals surface area (Å²) >= 11 is 0. The van der Waals surface area contributed by atoms with Gasteiger partial charge in [-0.3, -0.25) is 4.52 Å². The molecule has 0 bridgehead atoms. The fraction of sp³-hybridized carbons (Fsp3) is 1.00. The molecule has 0 heterocycles. The maximum atomic E-state index is 9.50. The van der Waals surface area contributed by atoms with Crippen LogP contribution in [0.15, 0.2) is 0 Å². The number of hydrogen-bond acceptors (Lipinski definition) is 3. The SMILES string of the molecule is C.C.C.C.COCCOP=O. The molecule has 0 N–H and O–H groups in total. The quantitative estimate of drug-likeness (QED) is 0.498. The minimum Gasteiger partial charge on any atom is -0.382 e. The van der Waals surface area contributed by atoms with Crippen molar-refractivity contribution in [2.45, 2.75) is 29.7 Å². The van der Waals surface area contributed by atoms with Crippen LogP contribution in [-0.4, -0.2) is 20.3 Å². The zero-order chi connectivity index (χ0) is 5.54. The minimum absolute atomic E-state index is 0. The van der Waals surface area contributed by atoms with E-state index in [1.807, 2.05) is 0 Å². The third kappa shape index (κ3) is 39.9. The van der Waals surface area contributed by atoms with Gasteiger partial charge in [0, 0.05) is 7.11 Å². The van der Waals surface area contributed by atoms with E-state index in [2.05, 4.69) is 9.26 Å². The van der Waals surface area contributed by atoms with Gasteiger partial charge in [-0.25, -0.2) is 4.57 Å². The van der Waals surface area contributed by atoms with E-state index in [1.165, 1.54) is 0 Å². The minimum atomic E-state index is -0.275. The van der Waals surface area contributed by atoms with Gasteiger partial charge in [0.05, 0.1) is 13.2 Å². The first-order valence-electron chi connectivity index (χ1n) is 1.85. The number of hydrogen-bond donors (Lipinski definition) is 0. The molecule has 0 radical (unpaired) electrons. The summed E-state index contributed by atoms with van der Waals surface area (Å²) in [5.41, 5.74) is 0. The molecule has 0 unspecified atom stereocenters. The molecular formula is C7H23O3P. The molecule has 0 aliphatic heterocycles. The number of methoxy groups -OCH3 is 1. The highest BCUT2D eigenvalue weighted by Gasteiger charge is 1.79. The van der Waals surface area contributed by atoms with Crippen LogP contribution in [0.1, 0.15) is 29.7 Å². The number of ether oxygens (including phenoxy) is 1. The third-order valence-electron chi connectivity index (χ3n) is 0.431. The Morgan fingerprint density at radius 3 is 1.82 bits per heavy atom. The summed E-state index contributed by atoms with van der Waals surface area (Å²) in [4.78, 5) is 0. The van der Waals surface area contributed by atoms with Gasteiger partial charge in [-0.2, -0.15) is 0 Å². The Morgan fingerprint density at radius 1 is 1.09 bits per heavy atom. The lowest BCUT2D eigenvalue weighted by molar-refractivity contribution is 0.153. The molecule has 0 fully saturated rings. The van der Waals surface area contributed by atoms with Crippen LogP contribution >= 0.6 is 8.69 Å². The van der Waals surface area contributed by atoms with Gasteiger partial charge in [-0.05, 0) is 0 Å². The van der Waals surface area contributed by atoms with Crippen molar-refractivity contribution in [2.24, 2.45) is 0 Å². The van der Waals surface area contributed by atoms with Crippen LogP contribution in [0.5, 0.6) is 0 Å². The van der Waals surface area contributed by atoms with Gasteiger partial charge in [0.15, 0.2) is 0 Å². The highest BCUT2D eigenvalue weighted by atomic mass is 31.1. The maximum absolute atomic E-state index is 9.50. The van der Waals surface area contributed by atoms with Crippen LogP contribution in [0.3, 0.4) is 0 Å². The van der Waals surface area contributed by atoms with Gasteiger partial charge in [0.2, 0.25) is 0 Å². The van der Waals surface area contributed by atoms with Gasteiger partial charge in [-0.15, -0.1) is 0 Å². The average Bonchev–Trinajstić information content (AvgIpc) is 1.69. The molecule has 0 aliphatic rings. The van der Waals surface area contributed by atoms with Crippen molar-refractivity contribution in [3.8, 4) is 0 Å². The van der Waals surface area contributed by atoms with Gasteiger partial charge in [0.1, 0.15) is 0 Å². The number of rotatable bonds is 4. The lowest BCUT2D eigenvalue weighted by Gasteiger charge is -1.89. The molecule has 3 nitrogen and oxygen atoms in total. The molecule has 11 heavy (non-hydrogen) atoms. The molecule has 0 saturated carbocycles. The van der Waals surface area contributed by atoms with Crippen LogP contribution in [0, 0.1) is 0 Å². The first kappa shape index (κ1) is 30.5. The molecule has 0 aromatic rings. The molecule has 0 atom stereocenters. The molecule has 74 valence electrons. The van der Waals surface area contributed by atoms with Gasteiger partial charge >= 0.3 is 8.69 Å². The first-order chi connectivity index (χ1) is 3.41. The van der Waals surface area contributed by atoms with E-state index >= 15 is 0 Å². The highest BCUT2D eigenvalue weighted by molar-refractivity contribution is 7.17. The largest absolute Gasteiger partial charge is 0.382 e. The molecule has 0 rings (SSSR count). The fourth-order valence-electron chi connectivity index (χ4n) is 0.158. The van der Waals surface area contributed by atoms with Gasteiger partial charge in [-0.1, -0.05) is 29.7 Å². The van der Waals surface area contributed by atoms with E-state index in [1.54, 1.807) is 7.11 Å². The topological polar surface area (TPSA) is 35.5 Å². The summed E-state index contributed by atoms with van der Waals surface area (Å²) in [7, 11) is 1.29. The smallest absolute Gasteiger partial charge is 0.327 e. The summed E-state index contributed by atoms with van der Waals surface area (Å²) < 4.78 is 18.4. The molecule has 0 saturated heterocycles. The summed E-state index contributed by atoms with van der Waals surface area (Å²) in [5.74, 6) is 0. The summed E-state index contributed by atoms with van der Waals surface area (Å²) in [6.07, 6.45) is 0. The molecule has 0 aliphatic carbocycles. The zero-order valence-electron chi connectivity index (χ0n) is 4.09. The predicted octanol–water partition coefficient (Wildman–Crippen LogP) is 3.40. The van der Waals surface area contributed by atoms with Crippen LogP contribution in [-0.2, 0) is 13.8 Å². The highest BCUT2D eigenvalue weighted by Crippen LogP contribution is 1.90. The Balaban J connectivity index is -0.0000000300. The summed E-state index contributed by atoms with van der Waals surface area (Å²) in [6.45, 7) is 0.886. The maximum Gasteiger partial charge on any atom is 0.327 e. The molecule has 0 aromatic heterocycles. The Hall–Kier alpha value is 0.0200. The van der Waals surface area contributed by atoms with Crippen LogP contribution in [0.25, 0.3) is 0 Å². The monoisotopic (exact) mass is 186 g/mol. The Bertz CT molecular complexity index is 51.0. The molecular weight excluding hydrogens is 163 g/mol. The Kier molecular flexibility index (Phi) is 89.8. The fourth-order valence-corrected chi connectivity index (χ4v) is 0.307. The molecule has 0 spiro atoms. The van der Waals surface area contributed by atoms with E-state index < -0.39 is 0 Å². The van der Waals surface area contributed by atoms with Gasteiger partial charge < -0.3 is 4.74 Å². The molecule has 0 amide bonds.